The average molecular weight is 432 g/mol. The summed E-state index contributed by atoms with van der Waals surface area (Å²) in [5.74, 6) is -0.525. The van der Waals surface area contributed by atoms with Crippen LogP contribution in [-0.4, -0.2) is 48.7 Å². The molecular weight excluding hydrogens is 411 g/mol. The largest absolute Gasteiger partial charge is 0.337 e. The van der Waals surface area contributed by atoms with Gasteiger partial charge in [-0.2, -0.15) is 4.98 Å². The third-order valence-corrected chi connectivity index (χ3v) is 5.62. The van der Waals surface area contributed by atoms with Gasteiger partial charge >= 0.3 is 0 Å². The van der Waals surface area contributed by atoms with Crippen molar-refractivity contribution < 1.29 is 22.1 Å². The fraction of sp³-hybridized carbons (Fsp3) is 0.250. The van der Waals surface area contributed by atoms with Gasteiger partial charge in [0.25, 0.3) is 0 Å². The molecule has 3 aromatic rings. The highest BCUT2D eigenvalue weighted by Gasteiger charge is 2.31. The van der Waals surface area contributed by atoms with Crippen molar-refractivity contribution >= 4 is 21.6 Å². The Bertz CT molecular complexity index is 1130. The maximum Gasteiger partial charge on any atom is 0.246 e. The molecule has 0 spiro atoms. The molecule has 30 heavy (non-hydrogen) atoms. The summed E-state index contributed by atoms with van der Waals surface area (Å²) in [6.07, 6.45) is 0.964. The lowest BCUT2D eigenvalue weighted by molar-refractivity contribution is -0.131. The van der Waals surface area contributed by atoms with E-state index in [0.29, 0.717) is 5.82 Å². The number of likely N-dealkylation sites (N-methyl/N-ethyl adjacent to an activating group) is 1. The van der Waals surface area contributed by atoms with Gasteiger partial charge in [0.2, 0.25) is 27.6 Å². The summed E-state index contributed by atoms with van der Waals surface area (Å²) >= 11 is 0. The van der Waals surface area contributed by atoms with Gasteiger partial charge in [-0.15, -0.1) is 0 Å². The van der Waals surface area contributed by atoms with Crippen LogP contribution in [0, 0.1) is 5.82 Å². The molecule has 10 heteroatoms. The molecule has 0 aliphatic carbocycles. The SMILES string of the molecule is C[C@H](C(=O)N(C)Cc1nc(-c2ccccc2)no1)N(c1cccc(F)c1)S(C)(=O)=O. The van der Waals surface area contributed by atoms with Crippen molar-refractivity contribution in [2.75, 3.05) is 17.6 Å². The van der Waals surface area contributed by atoms with E-state index in [2.05, 4.69) is 10.1 Å². The quantitative estimate of drug-likeness (QED) is 0.570. The average Bonchev–Trinajstić information content (AvgIpc) is 3.15. The number of anilines is 1. The molecule has 8 nitrogen and oxygen atoms in total. The summed E-state index contributed by atoms with van der Waals surface area (Å²) in [7, 11) is -2.35. The zero-order valence-corrected chi connectivity index (χ0v) is 17.5. The van der Waals surface area contributed by atoms with Crippen molar-refractivity contribution in [1.29, 1.82) is 0 Å². The number of sulfonamides is 1. The number of hydrogen-bond acceptors (Lipinski definition) is 6. The second-order valence-electron chi connectivity index (χ2n) is 6.79. The summed E-state index contributed by atoms with van der Waals surface area (Å²) < 4.78 is 44.4. The molecular formula is C20H21FN4O4S. The van der Waals surface area contributed by atoms with Gasteiger partial charge in [0.05, 0.1) is 18.5 Å². The van der Waals surface area contributed by atoms with E-state index in [1.807, 2.05) is 30.3 Å². The van der Waals surface area contributed by atoms with Crippen LogP contribution in [-0.2, 0) is 21.4 Å². The molecule has 1 heterocycles. The number of halogens is 1. The second kappa shape index (κ2) is 8.62. The molecule has 0 aliphatic rings. The van der Waals surface area contributed by atoms with E-state index >= 15 is 0 Å². The monoisotopic (exact) mass is 432 g/mol. The number of aromatic nitrogens is 2. The number of rotatable bonds is 7. The van der Waals surface area contributed by atoms with E-state index in [0.717, 1.165) is 22.2 Å². The number of amides is 1. The van der Waals surface area contributed by atoms with Crippen molar-refractivity contribution in [3.8, 4) is 11.4 Å². The van der Waals surface area contributed by atoms with E-state index in [1.54, 1.807) is 0 Å². The smallest absolute Gasteiger partial charge is 0.246 e. The molecule has 158 valence electrons. The van der Waals surface area contributed by atoms with Gasteiger partial charge in [0.15, 0.2) is 0 Å². The van der Waals surface area contributed by atoms with Gasteiger partial charge in [-0.25, -0.2) is 12.8 Å². The first-order valence-corrected chi connectivity index (χ1v) is 10.9. The topological polar surface area (TPSA) is 96.6 Å². The fourth-order valence-electron chi connectivity index (χ4n) is 3.04. The van der Waals surface area contributed by atoms with Crippen LogP contribution in [0.1, 0.15) is 12.8 Å². The Morgan fingerprint density at radius 1 is 1.17 bits per heavy atom. The number of carbonyl (C=O) groups excluding carboxylic acids is 1. The lowest BCUT2D eigenvalue weighted by atomic mass is 10.2. The van der Waals surface area contributed by atoms with E-state index < -0.39 is 27.8 Å². The lowest BCUT2D eigenvalue weighted by Gasteiger charge is -2.30. The number of hydrogen-bond donors (Lipinski definition) is 0. The van der Waals surface area contributed by atoms with Gasteiger partial charge in [-0.05, 0) is 25.1 Å². The molecule has 3 rings (SSSR count). The van der Waals surface area contributed by atoms with Crippen LogP contribution in [0.4, 0.5) is 10.1 Å². The van der Waals surface area contributed by atoms with E-state index in [4.69, 9.17) is 4.52 Å². The van der Waals surface area contributed by atoms with Crippen LogP contribution in [0.2, 0.25) is 0 Å². The minimum Gasteiger partial charge on any atom is -0.337 e. The minimum absolute atomic E-state index is 0.0102. The first-order chi connectivity index (χ1) is 14.2. The minimum atomic E-state index is -3.85. The van der Waals surface area contributed by atoms with Crippen molar-refractivity contribution in [1.82, 2.24) is 15.0 Å². The van der Waals surface area contributed by atoms with Crippen LogP contribution in [0.15, 0.2) is 59.1 Å². The Hall–Kier alpha value is -3.27. The molecule has 0 unspecified atom stereocenters. The Balaban J connectivity index is 1.78. The summed E-state index contributed by atoms with van der Waals surface area (Å²) in [5, 5.41) is 3.90. The fourth-order valence-corrected chi connectivity index (χ4v) is 4.20. The Kier molecular flexibility index (Phi) is 6.16. The zero-order valence-electron chi connectivity index (χ0n) is 16.7. The molecule has 0 N–H and O–H groups in total. The van der Waals surface area contributed by atoms with Crippen molar-refractivity contribution in [2.45, 2.75) is 19.5 Å². The van der Waals surface area contributed by atoms with Crippen LogP contribution in [0.5, 0.6) is 0 Å². The van der Waals surface area contributed by atoms with Gasteiger partial charge in [0.1, 0.15) is 11.9 Å². The van der Waals surface area contributed by atoms with E-state index in [9.17, 15) is 17.6 Å². The maximum absolute atomic E-state index is 13.6. The Morgan fingerprint density at radius 2 is 1.87 bits per heavy atom. The van der Waals surface area contributed by atoms with Crippen LogP contribution < -0.4 is 4.31 Å². The molecule has 1 atom stereocenters. The molecule has 0 saturated carbocycles. The van der Waals surface area contributed by atoms with Crippen molar-refractivity contribution in [3.05, 3.63) is 66.3 Å². The highest BCUT2D eigenvalue weighted by molar-refractivity contribution is 7.92. The predicted octanol–water partition coefficient (Wildman–Crippen LogP) is 2.69. The molecule has 0 bridgehead atoms. The van der Waals surface area contributed by atoms with Crippen LogP contribution in [0.25, 0.3) is 11.4 Å². The molecule has 1 amide bonds. The Morgan fingerprint density at radius 3 is 2.50 bits per heavy atom. The normalized spacial score (nSPS) is 12.4. The van der Waals surface area contributed by atoms with Gasteiger partial charge < -0.3 is 9.42 Å². The first kappa shape index (κ1) is 21.4. The second-order valence-corrected chi connectivity index (χ2v) is 8.65. The summed E-state index contributed by atoms with van der Waals surface area (Å²) in [6, 6.07) is 13.2. The molecule has 1 aromatic heterocycles. The molecule has 0 saturated heterocycles. The van der Waals surface area contributed by atoms with Gasteiger partial charge in [-0.1, -0.05) is 41.6 Å². The molecule has 0 fully saturated rings. The third-order valence-electron chi connectivity index (χ3n) is 4.38. The van der Waals surface area contributed by atoms with E-state index in [1.165, 1.54) is 37.1 Å². The van der Waals surface area contributed by atoms with Crippen LogP contribution in [0.3, 0.4) is 0 Å². The highest BCUT2D eigenvalue weighted by atomic mass is 32.2. The Labute approximate surface area is 174 Å². The first-order valence-electron chi connectivity index (χ1n) is 9.05. The number of carbonyl (C=O) groups is 1. The predicted molar refractivity (Wildman–Crippen MR) is 109 cm³/mol. The standard InChI is InChI=1S/C20H21FN4O4S/c1-14(25(30(3,27)28)17-11-7-10-16(21)12-17)20(26)24(2)13-18-22-19(23-29-18)15-8-5-4-6-9-15/h4-12,14H,13H2,1-3H3/t14-/m1/s1. The van der Waals surface area contributed by atoms with Crippen molar-refractivity contribution in [3.63, 3.8) is 0 Å². The molecule has 0 aliphatic heterocycles. The number of nitrogens with zero attached hydrogens (tertiary/aromatic N) is 4. The molecule has 2 aromatic carbocycles. The summed E-state index contributed by atoms with van der Waals surface area (Å²) in [5.41, 5.74) is 0.833. The van der Waals surface area contributed by atoms with Gasteiger partial charge in [-0.3, -0.25) is 9.10 Å². The third kappa shape index (κ3) is 4.82. The molecule has 0 radical (unpaired) electrons. The summed E-state index contributed by atoms with van der Waals surface area (Å²) in [4.78, 5) is 18.5. The number of benzene rings is 2. The van der Waals surface area contributed by atoms with Gasteiger partial charge in [0, 0.05) is 12.6 Å². The lowest BCUT2D eigenvalue weighted by Crippen LogP contribution is -2.48. The highest BCUT2D eigenvalue weighted by Crippen LogP contribution is 2.23. The summed E-state index contributed by atoms with van der Waals surface area (Å²) in [6.45, 7) is 1.43. The zero-order chi connectivity index (χ0) is 21.9. The van der Waals surface area contributed by atoms with Crippen LogP contribution >= 0.6 is 0 Å². The van der Waals surface area contributed by atoms with E-state index in [-0.39, 0.29) is 18.1 Å². The maximum atomic E-state index is 13.6. The van der Waals surface area contributed by atoms with Crippen molar-refractivity contribution in [2.24, 2.45) is 0 Å².